The number of hydrogen-bond acceptors (Lipinski definition) is 8. The van der Waals surface area contributed by atoms with E-state index in [9.17, 15) is 26.4 Å². The van der Waals surface area contributed by atoms with E-state index in [-0.39, 0.29) is 55.4 Å². The van der Waals surface area contributed by atoms with Crippen molar-refractivity contribution >= 4 is 21.9 Å². The van der Waals surface area contributed by atoms with Gasteiger partial charge in [0.2, 0.25) is 0 Å². The molecule has 3 aromatic rings. The van der Waals surface area contributed by atoms with Gasteiger partial charge in [-0.25, -0.2) is 0 Å². The highest BCUT2D eigenvalue weighted by molar-refractivity contribution is 7.86. The van der Waals surface area contributed by atoms with Gasteiger partial charge in [0.25, 0.3) is 16.1 Å². The molecule has 5 rings (SSSR count). The number of carbonyl (C=O) groups excluding carboxylic acids is 1. The van der Waals surface area contributed by atoms with Gasteiger partial charge in [0, 0.05) is 50.4 Å². The molecular formula is C27H34F3N7O4S. The Balaban J connectivity index is 1.56. The first-order valence-electron chi connectivity index (χ1n) is 13.7. The second kappa shape index (κ2) is 11.8. The van der Waals surface area contributed by atoms with Crippen LogP contribution in [-0.2, 0) is 23.3 Å². The van der Waals surface area contributed by atoms with Gasteiger partial charge in [-0.3, -0.25) is 4.79 Å². The molecule has 0 amide bonds. The van der Waals surface area contributed by atoms with Crippen molar-refractivity contribution in [2.75, 3.05) is 31.5 Å². The van der Waals surface area contributed by atoms with Crippen LogP contribution in [0.15, 0.2) is 41.2 Å². The lowest BCUT2D eigenvalue weighted by molar-refractivity contribution is -0.185. The number of hydrogen-bond donors (Lipinski definition) is 3. The van der Waals surface area contributed by atoms with Crippen LogP contribution in [0.4, 0.5) is 19.0 Å². The number of benzene rings is 1. The standard InChI is InChI=1S/C27H34F3N7O4S/c1-17-15-41-16-21(17)26(38)37-25(33-14-20-7-5-19(13-31)6-8-20)18(2)22(34-37)23-24(27(28,29)30)36(12-9-32-23)42(39,40)35-10-3-4-11-35/h5-8,15-16,23-24,32-33H,3-4,9-14,31H2,1-2H3. The summed E-state index contributed by atoms with van der Waals surface area (Å²) in [6, 6.07) is 3.46. The maximum Gasteiger partial charge on any atom is 0.407 e. The number of nitrogens with two attached hydrogens (primary N) is 1. The molecule has 15 heteroatoms. The zero-order valence-corrected chi connectivity index (χ0v) is 24.1. The molecule has 2 aliphatic rings. The van der Waals surface area contributed by atoms with Crippen LogP contribution >= 0.6 is 0 Å². The van der Waals surface area contributed by atoms with Crippen LogP contribution in [0.5, 0.6) is 0 Å². The number of alkyl halides is 3. The fourth-order valence-electron chi connectivity index (χ4n) is 5.51. The number of piperazine rings is 1. The van der Waals surface area contributed by atoms with Crippen molar-refractivity contribution in [1.29, 1.82) is 0 Å². The minimum absolute atomic E-state index is 0.0261. The van der Waals surface area contributed by atoms with Crippen molar-refractivity contribution in [3.8, 4) is 0 Å². The van der Waals surface area contributed by atoms with E-state index in [1.54, 1.807) is 13.8 Å². The Kier molecular flexibility index (Phi) is 8.49. The van der Waals surface area contributed by atoms with E-state index in [1.165, 1.54) is 12.5 Å². The number of aryl methyl sites for hydroxylation is 1. The lowest BCUT2D eigenvalue weighted by Crippen LogP contribution is -2.63. The Labute approximate surface area is 242 Å². The van der Waals surface area contributed by atoms with E-state index in [1.807, 2.05) is 24.3 Å². The zero-order chi connectivity index (χ0) is 30.2. The van der Waals surface area contributed by atoms with E-state index in [4.69, 9.17) is 10.2 Å². The highest BCUT2D eigenvalue weighted by atomic mass is 32.2. The number of anilines is 1. The van der Waals surface area contributed by atoms with Crippen LogP contribution in [0.3, 0.4) is 0 Å². The summed E-state index contributed by atoms with van der Waals surface area (Å²) in [6.07, 6.45) is -1.10. The summed E-state index contributed by atoms with van der Waals surface area (Å²) >= 11 is 0. The molecule has 0 spiro atoms. The molecule has 2 saturated heterocycles. The predicted molar refractivity (Wildman–Crippen MR) is 149 cm³/mol. The number of aromatic nitrogens is 2. The number of halogens is 3. The molecule has 0 aliphatic carbocycles. The molecule has 2 aliphatic heterocycles. The Hall–Kier alpha value is -3.24. The third-order valence-electron chi connectivity index (χ3n) is 7.80. The number of carbonyl (C=O) groups is 1. The first kappa shape index (κ1) is 30.2. The average Bonchev–Trinajstić information content (AvgIpc) is 3.72. The molecule has 0 saturated carbocycles. The van der Waals surface area contributed by atoms with E-state index in [2.05, 4.69) is 15.7 Å². The Morgan fingerprint density at radius 1 is 1.12 bits per heavy atom. The molecule has 0 radical (unpaired) electrons. The molecule has 4 heterocycles. The first-order chi connectivity index (χ1) is 19.9. The van der Waals surface area contributed by atoms with Crippen LogP contribution in [0.1, 0.15) is 57.2 Å². The SMILES string of the molecule is Cc1cocc1C(=O)n1nc(C2NCCN(S(=O)(=O)N3CCCC3)C2C(F)(F)F)c(C)c1NCc1ccc(CN)cc1. The van der Waals surface area contributed by atoms with Crippen LogP contribution in [-0.4, -0.2) is 71.1 Å². The first-order valence-corrected chi connectivity index (χ1v) is 15.1. The van der Waals surface area contributed by atoms with Gasteiger partial charge in [0.05, 0.1) is 23.6 Å². The number of rotatable bonds is 8. The number of nitrogens with zero attached hydrogens (tertiary/aromatic N) is 4. The van der Waals surface area contributed by atoms with Crippen LogP contribution in [0.25, 0.3) is 0 Å². The third kappa shape index (κ3) is 5.71. The summed E-state index contributed by atoms with van der Waals surface area (Å²) in [4.78, 5) is 13.6. The largest absolute Gasteiger partial charge is 0.471 e. The Bertz CT molecular complexity index is 1530. The number of nitrogens with one attached hydrogen (secondary N) is 2. The van der Waals surface area contributed by atoms with Crippen molar-refractivity contribution in [3.63, 3.8) is 0 Å². The fourth-order valence-corrected chi connectivity index (χ4v) is 7.37. The maximum absolute atomic E-state index is 14.7. The van der Waals surface area contributed by atoms with Crippen LogP contribution in [0, 0.1) is 13.8 Å². The van der Waals surface area contributed by atoms with Gasteiger partial charge in [0.1, 0.15) is 18.1 Å². The van der Waals surface area contributed by atoms with Crippen LogP contribution < -0.4 is 16.4 Å². The topological polar surface area (TPSA) is 139 Å². The van der Waals surface area contributed by atoms with E-state index < -0.39 is 34.4 Å². The van der Waals surface area contributed by atoms with Crippen molar-refractivity contribution in [3.05, 3.63) is 70.3 Å². The molecule has 2 atom stereocenters. The summed E-state index contributed by atoms with van der Waals surface area (Å²) in [7, 11) is -4.39. The van der Waals surface area contributed by atoms with Gasteiger partial charge in [-0.05, 0) is 37.8 Å². The molecule has 2 aromatic heterocycles. The summed E-state index contributed by atoms with van der Waals surface area (Å²) in [5.74, 6) is -0.404. The van der Waals surface area contributed by atoms with Crippen molar-refractivity contribution in [1.82, 2.24) is 23.7 Å². The van der Waals surface area contributed by atoms with Gasteiger partial charge in [0.15, 0.2) is 0 Å². The lowest BCUT2D eigenvalue weighted by atomic mass is 9.99. The monoisotopic (exact) mass is 609 g/mol. The normalized spacial score (nSPS) is 20.7. The molecule has 11 nitrogen and oxygen atoms in total. The lowest BCUT2D eigenvalue weighted by Gasteiger charge is -2.42. The molecule has 42 heavy (non-hydrogen) atoms. The second-order valence-corrected chi connectivity index (χ2v) is 12.4. The van der Waals surface area contributed by atoms with Crippen molar-refractivity contribution in [2.45, 2.75) is 58.0 Å². The van der Waals surface area contributed by atoms with Crippen molar-refractivity contribution < 1.29 is 30.8 Å². The van der Waals surface area contributed by atoms with E-state index in [0.29, 0.717) is 29.3 Å². The predicted octanol–water partition coefficient (Wildman–Crippen LogP) is 3.07. The smallest absolute Gasteiger partial charge is 0.407 e. The average molecular weight is 610 g/mol. The highest BCUT2D eigenvalue weighted by Crippen LogP contribution is 2.40. The number of furan rings is 1. The summed E-state index contributed by atoms with van der Waals surface area (Å²) in [5.41, 5.74) is 8.40. The van der Waals surface area contributed by atoms with Crippen molar-refractivity contribution in [2.24, 2.45) is 5.73 Å². The van der Waals surface area contributed by atoms with Gasteiger partial charge in [-0.1, -0.05) is 24.3 Å². The molecule has 2 unspecified atom stereocenters. The third-order valence-corrected chi connectivity index (χ3v) is 9.82. The van der Waals surface area contributed by atoms with Gasteiger partial charge in [-0.2, -0.15) is 40.0 Å². The zero-order valence-electron chi connectivity index (χ0n) is 23.3. The minimum Gasteiger partial charge on any atom is -0.471 e. The summed E-state index contributed by atoms with van der Waals surface area (Å²) in [6.45, 7) is 3.83. The Morgan fingerprint density at radius 2 is 1.79 bits per heavy atom. The second-order valence-electron chi connectivity index (χ2n) is 10.6. The fraction of sp³-hybridized carbons (Fsp3) is 0.481. The molecule has 1 aromatic carbocycles. The molecule has 2 fully saturated rings. The van der Waals surface area contributed by atoms with Gasteiger partial charge >= 0.3 is 6.18 Å². The quantitative estimate of drug-likeness (QED) is 0.354. The molecule has 228 valence electrons. The molecule has 4 N–H and O–H groups in total. The van der Waals surface area contributed by atoms with Gasteiger partial charge in [-0.15, -0.1) is 0 Å². The summed E-state index contributed by atoms with van der Waals surface area (Å²) in [5, 5.41) is 10.4. The van der Waals surface area contributed by atoms with E-state index >= 15 is 0 Å². The Morgan fingerprint density at radius 3 is 2.38 bits per heavy atom. The maximum atomic E-state index is 14.7. The van der Waals surface area contributed by atoms with E-state index in [0.717, 1.165) is 20.1 Å². The molecular weight excluding hydrogens is 575 g/mol. The summed E-state index contributed by atoms with van der Waals surface area (Å²) < 4.78 is 78.9. The highest BCUT2D eigenvalue weighted by Gasteiger charge is 2.56. The molecule has 0 bridgehead atoms. The minimum atomic E-state index is -4.93. The van der Waals surface area contributed by atoms with Crippen LogP contribution in [0.2, 0.25) is 0 Å². The van der Waals surface area contributed by atoms with Gasteiger partial charge < -0.3 is 20.8 Å².